The number of piperidine rings is 1. The molecule has 0 spiro atoms. The van der Waals surface area contributed by atoms with Crippen molar-refractivity contribution in [2.75, 3.05) is 24.6 Å². The van der Waals surface area contributed by atoms with Gasteiger partial charge >= 0.3 is 0 Å². The van der Waals surface area contributed by atoms with E-state index in [1.807, 2.05) is 11.8 Å². The van der Waals surface area contributed by atoms with Crippen LogP contribution in [0.25, 0.3) is 0 Å². The van der Waals surface area contributed by atoms with E-state index in [1.54, 1.807) is 0 Å². The van der Waals surface area contributed by atoms with Crippen LogP contribution < -0.4 is 20.4 Å². The quantitative estimate of drug-likeness (QED) is 0.830. The molecule has 1 fully saturated rings. The van der Waals surface area contributed by atoms with Gasteiger partial charge in [-0.1, -0.05) is 13.8 Å². The number of anilines is 1. The number of nitrogens with one attached hydrogen (secondary N) is 2. The fourth-order valence-electron chi connectivity index (χ4n) is 4.09. The first kappa shape index (κ1) is 19.0. The number of halogens is 1. The van der Waals surface area contributed by atoms with Crippen molar-refractivity contribution in [3.63, 3.8) is 0 Å². The number of amidine groups is 1. The second-order valence-electron chi connectivity index (χ2n) is 7.47. The van der Waals surface area contributed by atoms with Crippen molar-refractivity contribution in [1.82, 2.24) is 10.7 Å². The van der Waals surface area contributed by atoms with Crippen LogP contribution in [0, 0.1) is 0 Å². The molecule has 2 N–H and O–H groups in total. The summed E-state index contributed by atoms with van der Waals surface area (Å²) in [7, 11) is 0. The Kier molecular flexibility index (Phi) is 5.44. The van der Waals surface area contributed by atoms with Crippen molar-refractivity contribution in [1.29, 1.82) is 0 Å². The van der Waals surface area contributed by atoms with Gasteiger partial charge < -0.3 is 15.0 Å². The number of benzene rings is 1. The first-order chi connectivity index (χ1) is 12.1. The van der Waals surface area contributed by atoms with E-state index in [0.717, 1.165) is 43.2 Å². The van der Waals surface area contributed by atoms with Crippen molar-refractivity contribution in [2.45, 2.75) is 51.5 Å². The highest BCUT2D eigenvalue weighted by Crippen LogP contribution is 2.42. The van der Waals surface area contributed by atoms with E-state index in [-0.39, 0.29) is 24.4 Å². The minimum atomic E-state index is -0.277. The summed E-state index contributed by atoms with van der Waals surface area (Å²) in [4.78, 5) is 14.1. The van der Waals surface area contributed by atoms with Crippen molar-refractivity contribution in [3.05, 3.63) is 23.3 Å². The fourth-order valence-corrected chi connectivity index (χ4v) is 4.09. The third kappa shape index (κ3) is 3.16. The van der Waals surface area contributed by atoms with Crippen LogP contribution in [0.1, 0.15) is 56.6 Å². The van der Waals surface area contributed by atoms with E-state index in [9.17, 15) is 4.79 Å². The van der Waals surface area contributed by atoms with E-state index in [4.69, 9.17) is 4.74 Å². The van der Waals surface area contributed by atoms with Crippen LogP contribution in [0.2, 0.25) is 0 Å². The Morgan fingerprint density at radius 2 is 2.00 bits per heavy atom. The third-order valence-corrected chi connectivity index (χ3v) is 5.52. The summed E-state index contributed by atoms with van der Waals surface area (Å²) in [5.74, 6) is 2.55. The summed E-state index contributed by atoms with van der Waals surface area (Å²) in [6, 6.07) is 4.17. The predicted octanol–water partition coefficient (Wildman–Crippen LogP) is 2.73. The highest BCUT2D eigenvalue weighted by atomic mass is 35.5. The zero-order valence-corrected chi connectivity index (χ0v) is 16.4. The van der Waals surface area contributed by atoms with Gasteiger partial charge in [0.25, 0.3) is 5.91 Å². The molecular weight excluding hydrogens is 352 g/mol. The molecule has 0 aliphatic carbocycles. The second-order valence-corrected chi connectivity index (χ2v) is 7.47. The first-order valence-corrected chi connectivity index (χ1v) is 9.23. The van der Waals surface area contributed by atoms with Gasteiger partial charge in [0, 0.05) is 0 Å². The molecule has 0 unspecified atom stereocenters. The lowest BCUT2D eigenvalue weighted by molar-refractivity contribution is -0.122. The highest BCUT2D eigenvalue weighted by molar-refractivity contribution is 6.09. The van der Waals surface area contributed by atoms with Gasteiger partial charge in [-0.3, -0.25) is 4.79 Å². The minimum Gasteiger partial charge on any atom is -0.483 e. The molecule has 7 heteroatoms. The van der Waals surface area contributed by atoms with Gasteiger partial charge in [0.2, 0.25) is 0 Å². The monoisotopic (exact) mass is 378 g/mol. The normalized spacial score (nSPS) is 22.6. The molecule has 1 aromatic rings. The standard InChI is InChI=1S/C19H26N4O2.ClH/c1-11(2)14-9-17-16(8-15(14)13-4-6-20-7-5-13)23-12(3)19(24)22-21-18(23)10-25-17;/h8-9,11-13,20H,4-7,10H2,1-3H3,(H,22,24);1H/t12-;/m1./s1. The lowest BCUT2D eigenvalue weighted by atomic mass is 9.83. The number of rotatable bonds is 2. The molecule has 1 atom stereocenters. The SMILES string of the molecule is CC(C)c1cc2c(cc1C1CCNCC1)N1C(=NNC(=O)[C@H]1C)CO2.Cl. The summed E-state index contributed by atoms with van der Waals surface area (Å²) in [6.07, 6.45) is 2.30. The third-order valence-electron chi connectivity index (χ3n) is 5.52. The molecule has 3 aliphatic heterocycles. The van der Waals surface area contributed by atoms with Gasteiger partial charge in [0.15, 0.2) is 5.84 Å². The number of hydrogen-bond donors (Lipinski definition) is 2. The second kappa shape index (κ2) is 7.45. The van der Waals surface area contributed by atoms with Crippen molar-refractivity contribution in [3.8, 4) is 5.75 Å². The Hall–Kier alpha value is -1.79. The average molecular weight is 379 g/mol. The zero-order chi connectivity index (χ0) is 17.6. The van der Waals surface area contributed by atoms with E-state index >= 15 is 0 Å². The number of nitrogens with zero attached hydrogens (tertiary/aromatic N) is 2. The molecule has 6 nitrogen and oxygen atoms in total. The average Bonchev–Trinajstić information content (AvgIpc) is 2.64. The molecule has 4 rings (SSSR count). The summed E-state index contributed by atoms with van der Waals surface area (Å²) >= 11 is 0. The maximum atomic E-state index is 12.1. The number of fused-ring (bicyclic) bond motifs is 3. The number of hydrogen-bond acceptors (Lipinski definition) is 5. The molecule has 26 heavy (non-hydrogen) atoms. The van der Waals surface area contributed by atoms with Crippen molar-refractivity contribution >= 4 is 29.8 Å². The summed E-state index contributed by atoms with van der Waals surface area (Å²) in [6.45, 7) is 8.90. The van der Waals surface area contributed by atoms with Gasteiger partial charge in [-0.25, -0.2) is 5.43 Å². The van der Waals surface area contributed by atoms with Crippen LogP contribution in [-0.4, -0.2) is 37.5 Å². The van der Waals surface area contributed by atoms with Crippen LogP contribution in [0.3, 0.4) is 0 Å². The molecular formula is C19H27ClN4O2. The molecule has 1 saturated heterocycles. The lowest BCUT2D eigenvalue weighted by Crippen LogP contribution is -2.55. The topological polar surface area (TPSA) is 66.0 Å². The molecule has 1 amide bonds. The van der Waals surface area contributed by atoms with Crippen molar-refractivity contribution in [2.24, 2.45) is 5.10 Å². The number of ether oxygens (including phenoxy) is 1. The van der Waals surface area contributed by atoms with Crippen LogP contribution in [0.5, 0.6) is 5.75 Å². The van der Waals surface area contributed by atoms with Crippen LogP contribution in [0.4, 0.5) is 5.69 Å². The molecule has 1 aromatic carbocycles. The van der Waals surface area contributed by atoms with Gasteiger partial charge in [0.1, 0.15) is 18.4 Å². The zero-order valence-electron chi connectivity index (χ0n) is 15.5. The van der Waals surface area contributed by atoms with Crippen molar-refractivity contribution < 1.29 is 9.53 Å². The van der Waals surface area contributed by atoms with Crippen LogP contribution >= 0.6 is 12.4 Å². The van der Waals surface area contributed by atoms with E-state index < -0.39 is 0 Å². The first-order valence-electron chi connectivity index (χ1n) is 9.23. The maximum Gasteiger partial charge on any atom is 0.262 e. The Morgan fingerprint density at radius 3 is 2.69 bits per heavy atom. The molecule has 0 bridgehead atoms. The minimum absolute atomic E-state index is 0. The fraction of sp³-hybridized carbons (Fsp3) is 0.579. The maximum absolute atomic E-state index is 12.1. The Bertz CT molecular complexity index is 728. The van der Waals surface area contributed by atoms with Crippen LogP contribution in [0.15, 0.2) is 17.2 Å². The van der Waals surface area contributed by atoms with Gasteiger partial charge in [0.05, 0.1) is 5.69 Å². The molecule has 3 aliphatic rings. The Labute approximate surface area is 160 Å². The molecule has 0 aromatic heterocycles. The van der Waals surface area contributed by atoms with E-state index in [0.29, 0.717) is 18.4 Å². The number of carbonyl (C=O) groups is 1. The molecule has 0 radical (unpaired) electrons. The summed E-state index contributed by atoms with van der Waals surface area (Å²) in [5.41, 5.74) is 6.33. The van der Waals surface area contributed by atoms with E-state index in [2.05, 4.69) is 41.8 Å². The molecule has 3 heterocycles. The van der Waals surface area contributed by atoms with Crippen LogP contribution in [-0.2, 0) is 4.79 Å². The van der Waals surface area contributed by atoms with Gasteiger partial charge in [-0.15, -0.1) is 12.4 Å². The number of amides is 1. The summed E-state index contributed by atoms with van der Waals surface area (Å²) < 4.78 is 5.97. The largest absolute Gasteiger partial charge is 0.483 e. The highest BCUT2D eigenvalue weighted by Gasteiger charge is 2.36. The van der Waals surface area contributed by atoms with Gasteiger partial charge in [-0.05, 0) is 68.0 Å². The smallest absolute Gasteiger partial charge is 0.262 e. The predicted molar refractivity (Wildman–Crippen MR) is 106 cm³/mol. The Balaban J connectivity index is 0.00000196. The molecule has 0 saturated carbocycles. The number of hydrazone groups is 1. The van der Waals surface area contributed by atoms with E-state index in [1.165, 1.54) is 11.1 Å². The van der Waals surface area contributed by atoms with Gasteiger partial charge in [-0.2, -0.15) is 5.10 Å². The molecule has 142 valence electrons. The summed E-state index contributed by atoms with van der Waals surface area (Å²) in [5, 5.41) is 7.64. The lowest BCUT2D eigenvalue weighted by Gasteiger charge is -2.39. The Morgan fingerprint density at radius 1 is 1.27 bits per heavy atom. The number of carbonyl (C=O) groups excluding carboxylic acids is 1.